The van der Waals surface area contributed by atoms with E-state index in [0.29, 0.717) is 11.7 Å². The minimum Gasteiger partial charge on any atom is -0.379 e. The zero-order valence-electron chi connectivity index (χ0n) is 17.4. The fourth-order valence-electron chi connectivity index (χ4n) is 3.32. The van der Waals surface area contributed by atoms with Crippen LogP contribution in [0.3, 0.4) is 0 Å². The smallest absolute Gasteiger partial charge is 0.234 e. The number of thioether (sulfide) groups is 2. The molecule has 0 aliphatic carbocycles. The van der Waals surface area contributed by atoms with Crippen LogP contribution in [-0.2, 0) is 16.1 Å². The molecule has 2 heterocycles. The summed E-state index contributed by atoms with van der Waals surface area (Å²) in [5.41, 5.74) is 1.79. The molecule has 0 bridgehead atoms. The van der Waals surface area contributed by atoms with Gasteiger partial charge >= 0.3 is 0 Å². The lowest BCUT2D eigenvalue weighted by Gasteiger charge is -2.26. The van der Waals surface area contributed by atoms with Gasteiger partial charge in [0.25, 0.3) is 0 Å². The van der Waals surface area contributed by atoms with Crippen molar-refractivity contribution in [1.29, 1.82) is 0 Å². The second kappa shape index (κ2) is 10.8. The Kier molecular flexibility index (Phi) is 7.63. The maximum atomic E-state index is 12.5. The highest BCUT2D eigenvalue weighted by molar-refractivity contribution is 7.99. The largest absolute Gasteiger partial charge is 0.379 e. The highest BCUT2D eigenvalue weighted by Crippen LogP contribution is 2.24. The Bertz CT molecular complexity index is 1010. The molecule has 7 nitrogen and oxygen atoms in total. The lowest BCUT2D eigenvalue weighted by molar-refractivity contribution is -0.113. The van der Waals surface area contributed by atoms with Gasteiger partial charge in [-0.25, -0.2) is 0 Å². The summed E-state index contributed by atoms with van der Waals surface area (Å²) >= 11 is 3.04. The Morgan fingerprint density at radius 3 is 2.68 bits per heavy atom. The molecular weight excluding hydrogens is 430 g/mol. The Balaban J connectivity index is 1.47. The number of carbonyl (C=O) groups is 1. The number of hydrogen-bond acceptors (Lipinski definition) is 7. The number of ether oxygens (including phenoxy) is 1. The zero-order valence-corrected chi connectivity index (χ0v) is 19.0. The molecule has 4 rings (SSSR count). The summed E-state index contributed by atoms with van der Waals surface area (Å²) in [4.78, 5) is 16.0. The van der Waals surface area contributed by atoms with Gasteiger partial charge in [0.1, 0.15) is 0 Å². The predicted molar refractivity (Wildman–Crippen MR) is 125 cm³/mol. The van der Waals surface area contributed by atoms with Crippen molar-refractivity contribution < 1.29 is 9.53 Å². The van der Waals surface area contributed by atoms with Crippen molar-refractivity contribution >= 4 is 35.1 Å². The molecule has 0 unspecified atom stereocenters. The maximum absolute atomic E-state index is 12.5. The van der Waals surface area contributed by atoms with E-state index in [9.17, 15) is 4.79 Å². The lowest BCUT2D eigenvalue weighted by atomic mass is 10.3. The highest BCUT2D eigenvalue weighted by Gasteiger charge is 2.19. The summed E-state index contributed by atoms with van der Waals surface area (Å²) in [6.45, 7) is 3.92. The van der Waals surface area contributed by atoms with Gasteiger partial charge in [-0.15, -0.1) is 22.0 Å². The maximum Gasteiger partial charge on any atom is 0.234 e. The first kappa shape index (κ1) is 21.9. The molecule has 2 aromatic carbocycles. The van der Waals surface area contributed by atoms with E-state index in [4.69, 9.17) is 4.74 Å². The third kappa shape index (κ3) is 5.88. The summed E-state index contributed by atoms with van der Waals surface area (Å²) in [5.74, 6) is 1.05. The van der Waals surface area contributed by atoms with Gasteiger partial charge in [-0.3, -0.25) is 14.3 Å². The molecule has 3 aromatic rings. The van der Waals surface area contributed by atoms with Crippen molar-refractivity contribution in [2.75, 3.05) is 43.6 Å². The standard InChI is InChI=1S/C22H25N5O2S2/c1-30-19-9-5-6-17(14-19)23-21(28)16-31-22-25-24-20(15-26-10-12-29-13-11-26)27(22)18-7-3-2-4-8-18/h2-9,14H,10-13,15-16H2,1H3,(H,23,28). The summed E-state index contributed by atoms with van der Waals surface area (Å²) in [7, 11) is 0. The number of hydrogen-bond donors (Lipinski definition) is 1. The summed E-state index contributed by atoms with van der Waals surface area (Å²) in [6.07, 6.45) is 2.02. The van der Waals surface area contributed by atoms with Gasteiger partial charge in [-0.2, -0.15) is 0 Å². The second-order valence-corrected chi connectivity index (χ2v) is 8.85. The molecular formula is C22H25N5O2S2. The minimum atomic E-state index is -0.0689. The topological polar surface area (TPSA) is 72.3 Å². The van der Waals surface area contributed by atoms with Crippen molar-refractivity contribution in [3.05, 3.63) is 60.4 Å². The highest BCUT2D eigenvalue weighted by atomic mass is 32.2. The molecule has 1 aliphatic heterocycles. The first-order valence-electron chi connectivity index (χ1n) is 10.1. The molecule has 0 radical (unpaired) electrons. The monoisotopic (exact) mass is 455 g/mol. The first-order valence-corrected chi connectivity index (χ1v) is 12.3. The molecule has 1 aliphatic rings. The second-order valence-electron chi connectivity index (χ2n) is 7.03. The lowest BCUT2D eigenvalue weighted by Crippen LogP contribution is -2.36. The van der Waals surface area contributed by atoms with Gasteiger partial charge in [-0.1, -0.05) is 36.0 Å². The van der Waals surface area contributed by atoms with E-state index in [1.165, 1.54) is 11.8 Å². The molecule has 1 aromatic heterocycles. The number of nitrogens with one attached hydrogen (secondary N) is 1. The van der Waals surface area contributed by atoms with Crippen LogP contribution >= 0.6 is 23.5 Å². The minimum absolute atomic E-state index is 0.0689. The van der Waals surface area contributed by atoms with Crippen LogP contribution in [0.25, 0.3) is 5.69 Å². The Labute approximate surface area is 190 Å². The predicted octanol–water partition coefficient (Wildman–Crippen LogP) is 3.55. The van der Waals surface area contributed by atoms with Crippen molar-refractivity contribution in [3.8, 4) is 5.69 Å². The van der Waals surface area contributed by atoms with Crippen molar-refractivity contribution in [3.63, 3.8) is 0 Å². The van der Waals surface area contributed by atoms with Crippen LogP contribution < -0.4 is 5.32 Å². The fourth-order valence-corrected chi connectivity index (χ4v) is 4.55. The first-order chi connectivity index (χ1) is 15.2. The number of nitrogens with zero attached hydrogens (tertiary/aromatic N) is 4. The quantitative estimate of drug-likeness (QED) is 0.521. The number of morpholine rings is 1. The summed E-state index contributed by atoms with van der Waals surface area (Å²) in [6, 6.07) is 17.9. The van der Waals surface area contributed by atoms with E-state index in [1.54, 1.807) is 11.8 Å². The SMILES string of the molecule is CSc1cccc(NC(=O)CSc2nnc(CN3CCOCC3)n2-c2ccccc2)c1. The average Bonchev–Trinajstić information content (AvgIpc) is 3.21. The number of carbonyl (C=O) groups excluding carboxylic acids is 1. The van der Waals surface area contributed by atoms with Crippen LogP contribution in [0.2, 0.25) is 0 Å². The van der Waals surface area contributed by atoms with Crippen molar-refractivity contribution in [1.82, 2.24) is 19.7 Å². The van der Waals surface area contributed by atoms with Crippen LogP contribution in [0, 0.1) is 0 Å². The molecule has 1 N–H and O–H groups in total. The molecule has 0 spiro atoms. The number of rotatable bonds is 8. The molecule has 162 valence electrons. The van der Waals surface area contributed by atoms with Gasteiger partial charge < -0.3 is 10.1 Å². The van der Waals surface area contributed by atoms with Crippen molar-refractivity contribution in [2.45, 2.75) is 16.6 Å². The van der Waals surface area contributed by atoms with Crippen LogP contribution in [0.5, 0.6) is 0 Å². The molecule has 1 amide bonds. The molecule has 9 heteroatoms. The number of amides is 1. The Morgan fingerprint density at radius 1 is 1.10 bits per heavy atom. The molecule has 1 saturated heterocycles. The third-order valence-corrected chi connectivity index (χ3v) is 6.52. The van der Waals surface area contributed by atoms with Crippen LogP contribution in [0.4, 0.5) is 5.69 Å². The van der Waals surface area contributed by atoms with Gasteiger partial charge in [-0.05, 0) is 36.6 Å². The van der Waals surface area contributed by atoms with Gasteiger partial charge in [0.2, 0.25) is 5.91 Å². The van der Waals surface area contributed by atoms with E-state index in [2.05, 4.69) is 20.4 Å². The van der Waals surface area contributed by atoms with Crippen LogP contribution in [-0.4, -0.2) is 63.9 Å². The normalized spacial score (nSPS) is 14.5. The molecule has 1 fully saturated rings. The fraction of sp³-hybridized carbons (Fsp3) is 0.318. The summed E-state index contributed by atoms with van der Waals surface area (Å²) in [5, 5.41) is 12.5. The third-order valence-electron chi connectivity index (χ3n) is 4.87. The van der Waals surface area contributed by atoms with Crippen LogP contribution in [0.15, 0.2) is 64.6 Å². The molecule has 31 heavy (non-hydrogen) atoms. The van der Waals surface area contributed by atoms with Crippen LogP contribution in [0.1, 0.15) is 5.82 Å². The van der Waals surface area contributed by atoms with E-state index < -0.39 is 0 Å². The van der Waals surface area contributed by atoms with E-state index in [-0.39, 0.29) is 11.7 Å². The Morgan fingerprint density at radius 2 is 1.90 bits per heavy atom. The molecule has 0 atom stereocenters. The Hall–Kier alpha value is -2.33. The van der Waals surface area contributed by atoms with Crippen molar-refractivity contribution in [2.24, 2.45) is 0 Å². The number of benzene rings is 2. The molecule has 0 saturated carbocycles. The summed E-state index contributed by atoms with van der Waals surface area (Å²) < 4.78 is 7.49. The zero-order chi connectivity index (χ0) is 21.5. The van der Waals surface area contributed by atoms with Gasteiger partial charge in [0, 0.05) is 29.4 Å². The van der Waals surface area contributed by atoms with E-state index in [0.717, 1.165) is 48.4 Å². The van der Waals surface area contributed by atoms with Gasteiger partial charge in [0.05, 0.1) is 25.5 Å². The van der Waals surface area contributed by atoms with E-state index in [1.807, 2.05) is 65.4 Å². The number of para-hydroxylation sites is 1. The average molecular weight is 456 g/mol. The van der Waals surface area contributed by atoms with Gasteiger partial charge in [0.15, 0.2) is 11.0 Å². The number of aromatic nitrogens is 3. The van der Waals surface area contributed by atoms with E-state index >= 15 is 0 Å². The number of anilines is 1.